The highest BCUT2D eigenvalue weighted by Gasteiger charge is 2.14. The summed E-state index contributed by atoms with van der Waals surface area (Å²) in [4.78, 5) is -0.249. The summed E-state index contributed by atoms with van der Waals surface area (Å²) in [5.74, 6) is 0. The second-order valence-electron chi connectivity index (χ2n) is 2.79. The predicted octanol–water partition coefficient (Wildman–Crippen LogP) is 0.683. The number of hydrogen-bond donors (Lipinski definition) is 3. The van der Waals surface area contributed by atoms with Crippen LogP contribution in [0.15, 0.2) is 29.2 Å². The maximum atomic E-state index is 10.9. The second kappa shape index (κ2) is 3.95. The van der Waals surface area contributed by atoms with E-state index in [1.165, 1.54) is 25.1 Å². The van der Waals surface area contributed by atoms with E-state index in [9.17, 15) is 8.42 Å². The second-order valence-corrected chi connectivity index (χ2v) is 4.18. The molecule has 1 aromatic carbocycles. The summed E-state index contributed by atoms with van der Waals surface area (Å²) in [5.41, 5.74) is 0.171. The first kappa shape index (κ1) is 11.0. The van der Waals surface area contributed by atoms with Crippen molar-refractivity contribution in [3.63, 3.8) is 0 Å². The van der Waals surface area contributed by atoms with Gasteiger partial charge in [0.1, 0.15) is 11.1 Å². The van der Waals surface area contributed by atoms with Gasteiger partial charge in [0.2, 0.25) is 0 Å². The van der Waals surface area contributed by atoms with E-state index in [0.29, 0.717) is 0 Å². The van der Waals surface area contributed by atoms with E-state index in [-0.39, 0.29) is 10.6 Å². The van der Waals surface area contributed by atoms with E-state index < -0.39 is 16.3 Å². The van der Waals surface area contributed by atoms with Gasteiger partial charge in [-0.2, -0.15) is 8.42 Å². The lowest BCUT2D eigenvalue weighted by Gasteiger charge is -2.11. The normalized spacial score (nSPS) is 13.6. The average Bonchev–Trinajstić information content (AvgIpc) is 2.01. The number of nitrogens with one attached hydrogen (secondary N) is 1. The van der Waals surface area contributed by atoms with Crippen LogP contribution in [0.2, 0.25) is 0 Å². The molecule has 78 valence electrons. The molecule has 1 atom stereocenters. The monoisotopic (exact) mass is 217 g/mol. The van der Waals surface area contributed by atoms with Gasteiger partial charge in [-0.1, -0.05) is 12.1 Å². The summed E-state index contributed by atoms with van der Waals surface area (Å²) in [7, 11) is -4.25. The van der Waals surface area contributed by atoms with E-state index in [1.807, 2.05) is 0 Å². The topological polar surface area (TPSA) is 86.6 Å². The number of anilines is 1. The maximum absolute atomic E-state index is 10.9. The van der Waals surface area contributed by atoms with Gasteiger partial charge < -0.3 is 10.4 Å². The van der Waals surface area contributed by atoms with Crippen LogP contribution in [0, 0.1) is 0 Å². The van der Waals surface area contributed by atoms with Gasteiger partial charge in [-0.25, -0.2) is 0 Å². The molecule has 0 fully saturated rings. The van der Waals surface area contributed by atoms with Gasteiger partial charge in [0.15, 0.2) is 0 Å². The third kappa shape index (κ3) is 2.69. The van der Waals surface area contributed by atoms with Gasteiger partial charge in [-0.05, 0) is 19.1 Å². The van der Waals surface area contributed by atoms with Crippen LogP contribution in [0.4, 0.5) is 5.69 Å². The number of aliphatic hydroxyl groups excluding tert-OH is 1. The summed E-state index contributed by atoms with van der Waals surface area (Å²) in [5, 5.41) is 11.5. The molecule has 0 heterocycles. The average molecular weight is 217 g/mol. The number of para-hydroxylation sites is 1. The van der Waals surface area contributed by atoms with Gasteiger partial charge >= 0.3 is 0 Å². The van der Waals surface area contributed by atoms with Gasteiger partial charge in [-0.15, -0.1) is 0 Å². The molecule has 6 heteroatoms. The smallest absolute Gasteiger partial charge is 0.296 e. The quantitative estimate of drug-likeness (QED) is 0.512. The molecule has 0 radical (unpaired) electrons. The predicted molar refractivity (Wildman–Crippen MR) is 51.6 cm³/mol. The van der Waals surface area contributed by atoms with E-state index >= 15 is 0 Å². The number of aliphatic hydroxyl groups is 1. The number of benzene rings is 1. The third-order valence-corrected chi connectivity index (χ3v) is 2.44. The number of hydrogen-bond acceptors (Lipinski definition) is 4. The number of rotatable bonds is 3. The third-order valence-electron chi connectivity index (χ3n) is 1.53. The van der Waals surface area contributed by atoms with E-state index in [4.69, 9.17) is 9.66 Å². The zero-order chi connectivity index (χ0) is 10.8. The lowest BCUT2D eigenvalue weighted by atomic mass is 10.3. The van der Waals surface area contributed by atoms with Crippen molar-refractivity contribution in [3.8, 4) is 0 Å². The van der Waals surface area contributed by atoms with Gasteiger partial charge in [0, 0.05) is 0 Å². The minimum atomic E-state index is -4.25. The fraction of sp³-hybridized carbons (Fsp3) is 0.250. The standard InChI is InChI=1S/C8H11NO4S/c1-6(10)9-7-4-2-3-5-8(7)14(11,12)13/h2-6,9-10H,1H3,(H,11,12,13). The fourth-order valence-electron chi connectivity index (χ4n) is 1.04. The van der Waals surface area contributed by atoms with Crippen LogP contribution >= 0.6 is 0 Å². The van der Waals surface area contributed by atoms with Crippen molar-refractivity contribution in [1.29, 1.82) is 0 Å². The summed E-state index contributed by atoms with van der Waals surface area (Å²) < 4.78 is 30.6. The molecule has 3 N–H and O–H groups in total. The summed E-state index contributed by atoms with van der Waals surface area (Å²) in [6, 6.07) is 5.78. The summed E-state index contributed by atoms with van der Waals surface area (Å²) in [6.45, 7) is 1.45. The summed E-state index contributed by atoms with van der Waals surface area (Å²) >= 11 is 0. The highest BCUT2D eigenvalue weighted by atomic mass is 32.2. The lowest BCUT2D eigenvalue weighted by molar-refractivity contribution is 0.224. The van der Waals surface area contributed by atoms with Crippen LogP contribution in [0.25, 0.3) is 0 Å². The highest BCUT2D eigenvalue weighted by molar-refractivity contribution is 7.86. The molecule has 0 aliphatic rings. The molecule has 0 aromatic heterocycles. The molecule has 0 saturated heterocycles. The van der Waals surface area contributed by atoms with Crippen LogP contribution in [-0.4, -0.2) is 24.3 Å². The lowest BCUT2D eigenvalue weighted by Crippen LogP contribution is -2.15. The molecule has 0 amide bonds. The molecule has 0 saturated carbocycles. The van der Waals surface area contributed by atoms with Crippen LogP contribution in [0.5, 0.6) is 0 Å². The van der Waals surface area contributed by atoms with Crippen molar-refractivity contribution < 1.29 is 18.1 Å². The van der Waals surface area contributed by atoms with Gasteiger partial charge in [0.05, 0.1) is 5.69 Å². The molecule has 5 nitrogen and oxygen atoms in total. The Morgan fingerprint density at radius 3 is 2.43 bits per heavy atom. The van der Waals surface area contributed by atoms with Crippen LogP contribution in [0.3, 0.4) is 0 Å². The molecule has 0 aliphatic heterocycles. The molecule has 1 aromatic rings. The molecular formula is C8H11NO4S. The molecule has 0 aliphatic carbocycles. The zero-order valence-corrected chi connectivity index (χ0v) is 8.32. The molecule has 1 rings (SSSR count). The molecular weight excluding hydrogens is 206 g/mol. The zero-order valence-electron chi connectivity index (χ0n) is 7.51. The van der Waals surface area contributed by atoms with E-state index in [0.717, 1.165) is 0 Å². The van der Waals surface area contributed by atoms with Gasteiger partial charge in [-0.3, -0.25) is 4.55 Å². The SMILES string of the molecule is CC(O)Nc1ccccc1S(=O)(=O)O. The first-order valence-electron chi connectivity index (χ1n) is 3.92. The summed E-state index contributed by atoms with van der Waals surface area (Å²) in [6.07, 6.45) is -0.891. The van der Waals surface area contributed by atoms with Crippen LogP contribution in [-0.2, 0) is 10.1 Å². The molecule has 0 bridgehead atoms. The largest absolute Gasteiger partial charge is 0.374 e. The van der Waals surface area contributed by atoms with E-state index in [2.05, 4.69) is 5.32 Å². The van der Waals surface area contributed by atoms with Crippen molar-refractivity contribution in [2.45, 2.75) is 18.0 Å². The van der Waals surface area contributed by atoms with Crippen molar-refractivity contribution in [3.05, 3.63) is 24.3 Å². The van der Waals surface area contributed by atoms with Crippen molar-refractivity contribution in [1.82, 2.24) is 0 Å². The Kier molecular flexibility index (Phi) is 3.10. The Morgan fingerprint density at radius 1 is 1.36 bits per heavy atom. The minimum absolute atomic E-state index is 0.171. The van der Waals surface area contributed by atoms with Crippen molar-refractivity contribution >= 4 is 15.8 Å². The van der Waals surface area contributed by atoms with Crippen molar-refractivity contribution in [2.24, 2.45) is 0 Å². The Balaban J connectivity index is 3.17. The highest BCUT2D eigenvalue weighted by Crippen LogP contribution is 2.20. The first-order valence-corrected chi connectivity index (χ1v) is 5.36. The molecule has 0 spiro atoms. The Morgan fingerprint density at radius 2 is 1.93 bits per heavy atom. The first-order chi connectivity index (χ1) is 6.41. The van der Waals surface area contributed by atoms with Crippen molar-refractivity contribution in [2.75, 3.05) is 5.32 Å². The Bertz CT molecular complexity index is 413. The molecule has 1 unspecified atom stereocenters. The van der Waals surface area contributed by atoms with Gasteiger partial charge in [0.25, 0.3) is 10.1 Å². The van der Waals surface area contributed by atoms with Crippen LogP contribution < -0.4 is 5.32 Å². The Labute approximate surface area is 82.1 Å². The molecule has 14 heavy (non-hydrogen) atoms. The minimum Gasteiger partial charge on any atom is -0.374 e. The maximum Gasteiger partial charge on any atom is 0.296 e. The van der Waals surface area contributed by atoms with E-state index in [1.54, 1.807) is 6.07 Å². The fourth-order valence-corrected chi connectivity index (χ4v) is 1.69. The van der Waals surface area contributed by atoms with Crippen LogP contribution in [0.1, 0.15) is 6.92 Å². The Hall–Kier alpha value is -1.11.